The average molecular weight is 712 g/mol. The van der Waals surface area contributed by atoms with Gasteiger partial charge in [-0.05, 0) is 86.2 Å². The lowest BCUT2D eigenvalue weighted by Gasteiger charge is -2.43. The lowest BCUT2D eigenvalue weighted by atomic mass is 9.92. The number of carbonyl (C=O) groups excluding carboxylic acids is 2. The topological polar surface area (TPSA) is 119 Å². The molecular weight excluding hydrogens is 676 g/mol. The lowest BCUT2D eigenvalue weighted by Crippen LogP contribution is -2.56. The van der Waals surface area contributed by atoms with Crippen LogP contribution in [-0.2, 0) is 19.9 Å². The van der Waals surface area contributed by atoms with E-state index in [0.717, 1.165) is 51.9 Å². The van der Waals surface area contributed by atoms with E-state index in [0.29, 0.717) is 24.2 Å². The van der Waals surface area contributed by atoms with Crippen molar-refractivity contribution in [2.45, 2.75) is 43.8 Å². The number of rotatable bonds is 13. The molecule has 0 saturated carbocycles. The molecule has 3 aromatic carbocycles. The predicted octanol–water partition coefficient (Wildman–Crippen LogP) is 8.08. The van der Waals surface area contributed by atoms with Gasteiger partial charge in [0.2, 0.25) is 5.96 Å². The van der Waals surface area contributed by atoms with Crippen molar-refractivity contribution in [2.75, 3.05) is 36.7 Å². The van der Waals surface area contributed by atoms with Crippen LogP contribution in [0.2, 0.25) is 0 Å². The summed E-state index contributed by atoms with van der Waals surface area (Å²) < 4.78 is 51.7. The molecule has 0 unspecified atom stereocenters. The highest BCUT2D eigenvalue weighted by molar-refractivity contribution is 7.99. The van der Waals surface area contributed by atoms with Crippen LogP contribution in [0, 0.1) is 23.7 Å². The fourth-order valence-electron chi connectivity index (χ4n) is 5.09. The van der Waals surface area contributed by atoms with Crippen LogP contribution in [-0.4, -0.2) is 54.6 Å². The first-order chi connectivity index (χ1) is 23.5. The van der Waals surface area contributed by atoms with Crippen molar-refractivity contribution < 1.29 is 31.7 Å². The summed E-state index contributed by atoms with van der Waals surface area (Å²) in [5, 5.41) is 21.2. The Kier molecular flexibility index (Phi) is 13.2. The number of allylic oxidation sites excluding steroid dienone is 1. The van der Waals surface area contributed by atoms with E-state index in [1.165, 1.54) is 48.8 Å². The first kappa shape index (κ1) is 37.4. The monoisotopic (exact) mass is 711 g/mol. The molecule has 49 heavy (non-hydrogen) atoms. The van der Waals surface area contributed by atoms with Crippen LogP contribution < -0.4 is 10.2 Å². The highest BCUT2D eigenvalue weighted by Gasteiger charge is 2.44. The molecule has 2 amide bonds. The third kappa shape index (κ3) is 9.59. The van der Waals surface area contributed by atoms with Gasteiger partial charge in [0.05, 0.1) is 36.5 Å². The number of urea groups is 1. The first-order valence-corrected chi connectivity index (χ1v) is 17.2. The van der Waals surface area contributed by atoms with E-state index in [9.17, 15) is 28.0 Å². The van der Waals surface area contributed by atoms with Crippen LogP contribution in [0.5, 0.6) is 0 Å². The number of nitrogens with zero attached hydrogens (tertiary/aromatic N) is 3. The summed E-state index contributed by atoms with van der Waals surface area (Å²) in [5.41, 5.74) is 0.983. The third-order valence-electron chi connectivity index (χ3n) is 7.54. The summed E-state index contributed by atoms with van der Waals surface area (Å²) >= 11 is 3.05. The van der Waals surface area contributed by atoms with E-state index < -0.39 is 35.7 Å². The number of amides is 2. The molecule has 4 rings (SSSR count). The molecular formula is C35H36F3N5O4S2. The van der Waals surface area contributed by atoms with Gasteiger partial charge in [0, 0.05) is 34.9 Å². The fourth-order valence-corrected chi connectivity index (χ4v) is 6.55. The lowest BCUT2D eigenvalue weighted by molar-refractivity contribution is -0.138. The van der Waals surface area contributed by atoms with Gasteiger partial charge in [-0.15, -0.1) is 0 Å². The van der Waals surface area contributed by atoms with Gasteiger partial charge < -0.3 is 14.2 Å². The van der Waals surface area contributed by atoms with Gasteiger partial charge in [-0.1, -0.05) is 35.9 Å². The van der Waals surface area contributed by atoms with Crippen molar-refractivity contribution in [3.05, 3.63) is 106 Å². The molecule has 3 aromatic rings. The van der Waals surface area contributed by atoms with E-state index in [2.05, 4.69) is 5.32 Å². The molecule has 0 fully saturated rings. The number of nitrogens with one attached hydrogen (secondary N) is 2. The Bertz CT molecular complexity index is 1710. The molecule has 1 atom stereocenters. The average Bonchev–Trinajstić information content (AvgIpc) is 3.09. The van der Waals surface area contributed by atoms with E-state index in [4.69, 9.17) is 14.3 Å². The number of esters is 1. The molecule has 0 aliphatic carbocycles. The van der Waals surface area contributed by atoms with Crippen LogP contribution in [0.4, 0.5) is 23.7 Å². The minimum Gasteiger partial charge on any atom is -0.466 e. The highest BCUT2D eigenvalue weighted by atomic mass is 32.2. The largest absolute Gasteiger partial charge is 0.466 e. The molecule has 1 aliphatic rings. The number of hydrogen-bond acceptors (Lipinski definition) is 8. The molecule has 1 heterocycles. The zero-order valence-electron chi connectivity index (χ0n) is 27.2. The zero-order chi connectivity index (χ0) is 35.6. The summed E-state index contributed by atoms with van der Waals surface area (Å²) in [4.78, 5) is 30.3. The van der Waals surface area contributed by atoms with Gasteiger partial charge in [-0.2, -0.15) is 30.2 Å². The van der Waals surface area contributed by atoms with Crippen LogP contribution in [0.25, 0.3) is 0 Å². The van der Waals surface area contributed by atoms with Crippen LogP contribution in [0.15, 0.2) is 89.0 Å². The number of hydrogen-bond donors (Lipinski definition) is 2. The molecule has 0 spiro atoms. The molecule has 1 aliphatic heterocycles. The molecule has 14 heteroatoms. The SMILES string of the molecule is COC(=O)C1=C(C)N(c2cccc(C(F)(F)F)c2)C(=N)N(C(=O)NCCCSCCCOSc2ccc(C)cc2)[C@@H]1c1ccc(C#N)cc1. The maximum Gasteiger partial charge on any atom is 0.416 e. The number of halogens is 3. The van der Waals surface area contributed by atoms with Gasteiger partial charge in [-0.25, -0.2) is 9.59 Å². The normalized spacial score (nSPS) is 14.9. The number of nitriles is 1. The molecule has 2 N–H and O–H groups in total. The number of guanidine groups is 1. The van der Waals surface area contributed by atoms with E-state index >= 15 is 0 Å². The summed E-state index contributed by atoms with van der Waals surface area (Å²) in [5.74, 6) is 0.310. The second-order valence-corrected chi connectivity index (χ2v) is 13.1. The minimum absolute atomic E-state index is 0.0471. The van der Waals surface area contributed by atoms with Crippen molar-refractivity contribution in [1.82, 2.24) is 10.2 Å². The van der Waals surface area contributed by atoms with Gasteiger partial charge in [0.1, 0.15) is 6.04 Å². The number of carbonyl (C=O) groups is 2. The van der Waals surface area contributed by atoms with Crippen molar-refractivity contribution >= 4 is 47.5 Å². The molecule has 0 aromatic heterocycles. The van der Waals surface area contributed by atoms with Crippen LogP contribution in [0.1, 0.15) is 48.1 Å². The molecule has 0 bridgehead atoms. The third-order valence-corrected chi connectivity index (χ3v) is 9.45. The Morgan fingerprint density at radius 2 is 1.71 bits per heavy atom. The molecule has 258 valence electrons. The summed E-state index contributed by atoms with van der Waals surface area (Å²) in [7, 11) is 1.16. The summed E-state index contributed by atoms with van der Waals surface area (Å²) in [6, 6.07) is 18.7. The van der Waals surface area contributed by atoms with Crippen LogP contribution >= 0.6 is 23.8 Å². The Morgan fingerprint density at radius 3 is 2.37 bits per heavy atom. The first-order valence-electron chi connectivity index (χ1n) is 15.3. The number of ether oxygens (including phenoxy) is 1. The number of thioether (sulfide) groups is 1. The standard InChI is InChI=1S/C35H36F3N5O4S2/c1-23-9-15-29(16-10-23)49-47-18-6-20-48-19-5-17-41-34(45)43-31(26-13-11-25(22-39)12-14-26)30(32(44)46-3)24(2)42(33(43)40)28-8-4-7-27(21-28)35(36,37)38/h4,7-16,21,31,40H,5-6,17-20H2,1-3H3,(H,41,45)/t31-/m1/s1. The Hall–Kier alpha value is -4.45. The van der Waals surface area contributed by atoms with Crippen molar-refractivity contribution in [3.8, 4) is 6.07 Å². The van der Waals surface area contributed by atoms with Crippen LogP contribution in [0.3, 0.4) is 0 Å². The smallest absolute Gasteiger partial charge is 0.416 e. The van der Waals surface area contributed by atoms with Crippen molar-refractivity contribution in [2.24, 2.45) is 0 Å². The number of benzene rings is 3. The highest BCUT2D eigenvalue weighted by Crippen LogP contribution is 2.41. The summed E-state index contributed by atoms with van der Waals surface area (Å²) in [6.07, 6.45) is -3.21. The van der Waals surface area contributed by atoms with E-state index in [-0.39, 0.29) is 23.5 Å². The number of anilines is 1. The molecule has 0 radical (unpaired) electrons. The fraction of sp³-hybridized carbons (Fsp3) is 0.314. The maximum atomic E-state index is 13.8. The van der Waals surface area contributed by atoms with Crippen molar-refractivity contribution in [3.63, 3.8) is 0 Å². The second kappa shape index (κ2) is 17.3. The predicted molar refractivity (Wildman–Crippen MR) is 185 cm³/mol. The Morgan fingerprint density at radius 1 is 1.02 bits per heavy atom. The zero-order valence-corrected chi connectivity index (χ0v) is 28.8. The summed E-state index contributed by atoms with van der Waals surface area (Å²) in [6.45, 7) is 4.35. The van der Waals surface area contributed by atoms with E-state index in [1.54, 1.807) is 23.9 Å². The minimum atomic E-state index is -4.66. The number of methoxy groups -OCH3 is 1. The van der Waals surface area contributed by atoms with E-state index in [1.807, 2.05) is 37.3 Å². The second-order valence-electron chi connectivity index (χ2n) is 11.0. The molecule has 0 saturated heterocycles. The Labute approximate surface area is 292 Å². The maximum absolute atomic E-state index is 13.8. The van der Waals surface area contributed by atoms with Gasteiger partial charge >= 0.3 is 18.2 Å². The Balaban J connectivity index is 1.48. The van der Waals surface area contributed by atoms with Gasteiger partial charge in [0.15, 0.2) is 0 Å². The number of aryl methyl sites for hydroxylation is 1. The van der Waals surface area contributed by atoms with Gasteiger partial charge in [0.25, 0.3) is 0 Å². The quantitative estimate of drug-likeness (QED) is 0.104. The molecule has 9 nitrogen and oxygen atoms in total. The number of alkyl halides is 3. The van der Waals surface area contributed by atoms with Crippen molar-refractivity contribution in [1.29, 1.82) is 10.7 Å². The van der Waals surface area contributed by atoms with Gasteiger partial charge in [-0.3, -0.25) is 15.2 Å².